The maximum Gasteiger partial charge on any atom is 0.247 e. The van der Waals surface area contributed by atoms with Crippen molar-refractivity contribution in [3.63, 3.8) is 0 Å². The number of carbonyl (C=O) groups excluding carboxylic acids is 1. The van der Waals surface area contributed by atoms with Crippen LogP contribution >= 0.6 is 0 Å². The molecule has 3 fully saturated rings. The largest absolute Gasteiger partial charge is 0.504 e. The monoisotopic (exact) mass is 616 g/mol. The molecule has 1 aromatic heterocycles. The van der Waals surface area contributed by atoms with Gasteiger partial charge in [-0.2, -0.15) is 0 Å². The third-order valence-electron chi connectivity index (χ3n) is 7.83. The number of rotatable bonds is 9. The minimum absolute atomic E-state index is 0.0292. The fraction of sp³-hybridized carbons (Fsp3) is 0.467. The van der Waals surface area contributed by atoms with Gasteiger partial charge in [0.15, 0.2) is 11.5 Å². The molecule has 14 heteroatoms. The zero-order chi connectivity index (χ0) is 31.5. The van der Waals surface area contributed by atoms with Crippen LogP contribution in [-0.4, -0.2) is 116 Å². The highest BCUT2D eigenvalue weighted by Gasteiger charge is 2.53. The first-order valence-corrected chi connectivity index (χ1v) is 14.0. The van der Waals surface area contributed by atoms with Gasteiger partial charge >= 0.3 is 0 Å². The van der Waals surface area contributed by atoms with Crippen molar-refractivity contribution in [2.24, 2.45) is 0 Å². The number of amides is 1. The van der Waals surface area contributed by atoms with E-state index < -0.39 is 67.1 Å². The minimum Gasteiger partial charge on any atom is -0.504 e. The summed E-state index contributed by atoms with van der Waals surface area (Å²) in [5.74, 6) is -0.402. The number of aromatic nitrogens is 1. The summed E-state index contributed by atoms with van der Waals surface area (Å²) in [5.41, 5.74) is 1.20. The van der Waals surface area contributed by atoms with E-state index in [0.717, 1.165) is 0 Å². The molecule has 0 radical (unpaired) electrons. The molecule has 1 aliphatic carbocycles. The van der Waals surface area contributed by atoms with Gasteiger partial charge in [0, 0.05) is 11.8 Å². The summed E-state index contributed by atoms with van der Waals surface area (Å²) in [5, 5.41) is 65.5. The lowest BCUT2D eigenvalue weighted by Gasteiger charge is -2.41. The van der Waals surface area contributed by atoms with Gasteiger partial charge in [0.05, 0.1) is 12.2 Å². The van der Waals surface area contributed by atoms with Crippen molar-refractivity contribution in [3.8, 4) is 17.2 Å². The van der Waals surface area contributed by atoms with Crippen LogP contribution in [0.2, 0.25) is 0 Å². The number of nitrogens with zero attached hydrogens (tertiary/aromatic N) is 1. The summed E-state index contributed by atoms with van der Waals surface area (Å²) < 4.78 is 27.5. The Hall–Kier alpha value is -3.60. The number of aliphatic hydroxyl groups excluding tert-OH is 5. The van der Waals surface area contributed by atoms with Crippen LogP contribution < -0.4 is 14.8 Å². The Balaban J connectivity index is 1.18. The Morgan fingerprint density at radius 3 is 2.48 bits per heavy atom. The molecule has 1 amide bonds. The van der Waals surface area contributed by atoms with E-state index in [4.69, 9.17) is 23.7 Å². The number of carbonyl (C=O) groups is 1. The fourth-order valence-corrected chi connectivity index (χ4v) is 5.32. The third kappa shape index (κ3) is 6.72. The Labute approximate surface area is 252 Å². The van der Waals surface area contributed by atoms with Crippen molar-refractivity contribution in [2.75, 3.05) is 13.4 Å². The highest BCUT2D eigenvalue weighted by atomic mass is 16.7. The van der Waals surface area contributed by atoms with E-state index in [-0.39, 0.29) is 30.5 Å². The van der Waals surface area contributed by atoms with Crippen LogP contribution in [-0.2, 0) is 19.0 Å². The van der Waals surface area contributed by atoms with E-state index in [0.29, 0.717) is 16.9 Å². The predicted molar refractivity (Wildman–Crippen MR) is 151 cm³/mol. The van der Waals surface area contributed by atoms with Crippen LogP contribution in [0.15, 0.2) is 59.9 Å². The van der Waals surface area contributed by atoms with Gasteiger partial charge in [0.25, 0.3) is 0 Å². The standard InChI is InChI=1S/C30H36N2O12/c1-14(7-9-40-17-4-3-8-31-12-17)26-24(37)25(38)30(44-26)43-19-6-5-16(11-18(19)33)10-15(2)29(39)32-20-21(34)23(36)28-27(22(20)35)41-13-42-28/h3-8,10-12,20-28,30,33-38H,9,13H2,1-2H3,(H,32,39)/t20-,21+,22-,23-,24+,25+,26-,27+,28-,30-/m1/s1. The third-order valence-corrected chi connectivity index (χ3v) is 7.83. The first-order valence-electron chi connectivity index (χ1n) is 14.0. The second-order valence-electron chi connectivity index (χ2n) is 10.9. The van der Waals surface area contributed by atoms with E-state index in [1.54, 1.807) is 43.6 Å². The molecule has 0 bridgehead atoms. The Kier molecular flexibility index (Phi) is 9.82. The van der Waals surface area contributed by atoms with Crippen LogP contribution in [0.4, 0.5) is 0 Å². The average Bonchev–Trinajstić information content (AvgIpc) is 3.61. The number of phenols is 1. The van der Waals surface area contributed by atoms with Crippen LogP contribution in [0, 0.1) is 0 Å². The van der Waals surface area contributed by atoms with E-state index in [1.165, 1.54) is 25.1 Å². The van der Waals surface area contributed by atoms with Crippen LogP contribution in [0.25, 0.3) is 6.08 Å². The molecule has 0 unspecified atom stereocenters. The quantitative estimate of drug-likeness (QED) is 0.138. The second-order valence-corrected chi connectivity index (χ2v) is 10.9. The number of pyridine rings is 1. The maximum atomic E-state index is 12.9. The van der Waals surface area contributed by atoms with Crippen LogP contribution in [0.1, 0.15) is 19.4 Å². The second kappa shape index (κ2) is 13.6. The number of phenolic OH excluding ortho intramolecular Hbond substituents is 1. The summed E-state index contributed by atoms with van der Waals surface area (Å²) in [6, 6.07) is 6.56. The molecule has 5 rings (SSSR count). The van der Waals surface area contributed by atoms with Gasteiger partial charge in [0.2, 0.25) is 12.2 Å². The van der Waals surface area contributed by atoms with E-state index >= 15 is 0 Å². The molecule has 44 heavy (non-hydrogen) atoms. The molecule has 1 aromatic carbocycles. The molecule has 3 aliphatic rings. The first kappa shape index (κ1) is 31.8. The predicted octanol–water partition coefficient (Wildman–Crippen LogP) is -0.636. The molecular weight excluding hydrogens is 580 g/mol. The number of hydrogen-bond acceptors (Lipinski definition) is 13. The molecule has 14 nitrogen and oxygen atoms in total. The highest BCUT2D eigenvalue weighted by molar-refractivity contribution is 5.97. The van der Waals surface area contributed by atoms with Crippen molar-refractivity contribution < 1.29 is 59.1 Å². The Morgan fingerprint density at radius 1 is 1.02 bits per heavy atom. The minimum atomic E-state index is -1.49. The zero-order valence-electron chi connectivity index (χ0n) is 24.0. The molecule has 2 aromatic rings. The molecule has 1 saturated carbocycles. The van der Waals surface area contributed by atoms with Gasteiger partial charge in [-0.25, -0.2) is 0 Å². The number of aromatic hydroxyl groups is 1. The molecule has 238 valence electrons. The lowest BCUT2D eigenvalue weighted by Crippen LogP contribution is -2.67. The Bertz CT molecular complexity index is 1370. The molecule has 10 atom stereocenters. The topological polar surface area (TPSA) is 210 Å². The number of aliphatic hydroxyl groups is 5. The first-order chi connectivity index (χ1) is 21.0. The van der Waals surface area contributed by atoms with E-state index in [9.17, 15) is 35.4 Å². The number of ether oxygens (including phenoxy) is 5. The lowest BCUT2D eigenvalue weighted by molar-refractivity contribution is -0.155. The Morgan fingerprint density at radius 2 is 1.77 bits per heavy atom. The molecular formula is C30H36N2O12. The number of nitrogens with one attached hydrogen (secondary N) is 1. The molecule has 2 aliphatic heterocycles. The fourth-order valence-electron chi connectivity index (χ4n) is 5.32. The van der Waals surface area contributed by atoms with Crippen molar-refractivity contribution >= 4 is 12.0 Å². The summed E-state index contributed by atoms with van der Waals surface area (Å²) in [6.45, 7) is 3.26. The van der Waals surface area contributed by atoms with Gasteiger partial charge in [-0.1, -0.05) is 6.07 Å². The molecule has 7 N–H and O–H groups in total. The smallest absolute Gasteiger partial charge is 0.247 e. The van der Waals surface area contributed by atoms with Gasteiger partial charge in [-0.15, -0.1) is 0 Å². The molecule has 2 saturated heterocycles. The molecule has 3 heterocycles. The maximum absolute atomic E-state index is 12.9. The van der Waals surface area contributed by atoms with Crippen LogP contribution in [0.3, 0.4) is 0 Å². The number of hydrogen-bond donors (Lipinski definition) is 7. The number of benzene rings is 1. The van der Waals surface area contributed by atoms with Gasteiger partial charge < -0.3 is 59.6 Å². The highest BCUT2D eigenvalue weighted by Crippen LogP contribution is 2.34. The molecule has 0 spiro atoms. The SMILES string of the molecule is CC(=Cc1ccc(O[C@@H]2O[C@H](C(C)=CCOc3cccnc3)[C@@H](O)[C@@H]2O)c(O)c1)C(=O)N[C@@H]1[C@H](O)[C@@H](O)[C@H]2OCO[C@H]2[C@@H]1O. The van der Waals surface area contributed by atoms with Crippen molar-refractivity contribution in [1.29, 1.82) is 0 Å². The van der Waals surface area contributed by atoms with E-state index in [2.05, 4.69) is 10.3 Å². The number of fused-ring (bicyclic) bond motifs is 1. The van der Waals surface area contributed by atoms with Crippen LogP contribution in [0.5, 0.6) is 17.2 Å². The summed E-state index contributed by atoms with van der Waals surface area (Å²) >= 11 is 0. The summed E-state index contributed by atoms with van der Waals surface area (Å²) in [4.78, 5) is 16.8. The van der Waals surface area contributed by atoms with Gasteiger partial charge in [0.1, 0.15) is 68.0 Å². The normalized spacial score (nSPS) is 34.0. The summed E-state index contributed by atoms with van der Waals surface area (Å²) in [7, 11) is 0. The van der Waals surface area contributed by atoms with Crippen molar-refractivity contribution in [1.82, 2.24) is 10.3 Å². The van der Waals surface area contributed by atoms with Gasteiger partial charge in [-0.05, 0) is 61.4 Å². The average molecular weight is 617 g/mol. The van der Waals surface area contributed by atoms with E-state index in [1.807, 2.05) is 0 Å². The zero-order valence-corrected chi connectivity index (χ0v) is 24.0. The van der Waals surface area contributed by atoms with Crippen molar-refractivity contribution in [3.05, 3.63) is 65.5 Å². The summed E-state index contributed by atoms with van der Waals surface area (Å²) in [6.07, 6.45) is -4.49. The lowest BCUT2D eigenvalue weighted by atomic mass is 9.83. The van der Waals surface area contributed by atoms with Gasteiger partial charge in [-0.3, -0.25) is 9.78 Å². The van der Waals surface area contributed by atoms with Crippen molar-refractivity contribution in [2.45, 2.75) is 75.0 Å².